The van der Waals surface area contributed by atoms with E-state index >= 15 is 0 Å². The number of amides is 1. The molecular formula is C12H18N2O4S. The highest BCUT2D eigenvalue weighted by molar-refractivity contribution is 7.99. The van der Waals surface area contributed by atoms with Crippen molar-refractivity contribution in [3.8, 4) is 0 Å². The highest BCUT2D eigenvalue weighted by Crippen LogP contribution is 2.20. The molecule has 2 heterocycles. The van der Waals surface area contributed by atoms with Crippen molar-refractivity contribution >= 4 is 17.7 Å². The molecular weight excluding hydrogens is 268 g/mol. The van der Waals surface area contributed by atoms with E-state index in [0.29, 0.717) is 11.5 Å². The van der Waals surface area contributed by atoms with Gasteiger partial charge in [-0.05, 0) is 13.8 Å². The topological polar surface area (TPSA) is 86.8 Å². The van der Waals surface area contributed by atoms with E-state index < -0.39 is 12.2 Å². The molecule has 2 N–H and O–H groups in total. The first-order chi connectivity index (χ1) is 8.99. The minimum absolute atomic E-state index is 0.0626. The van der Waals surface area contributed by atoms with Gasteiger partial charge < -0.3 is 19.6 Å². The van der Waals surface area contributed by atoms with Crippen LogP contribution in [-0.4, -0.2) is 57.2 Å². The SMILES string of the molecule is Cc1noc(C)c1CSCC(=O)N1CC(O)C(O)C1. The molecule has 106 valence electrons. The van der Waals surface area contributed by atoms with Gasteiger partial charge in [0.25, 0.3) is 0 Å². The predicted octanol–water partition coefficient (Wildman–Crippen LogP) is 0.0886. The lowest BCUT2D eigenvalue weighted by Crippen LogP contribution is -2.31. The van der Waals surface area contributed by atoms with E-state index in [9.17, 15) is 15.0 Å². The number of hydrogen-bond acceptors (Lipinski definition) is 6. The molecule has 19 heavy (non-hydrogen) atoms. The molecule has 1 fully saturated rings. The normalized spacial score (nSPS) is 23.1. The van der Waals surface area contributed by atoms with E-state index in [2.05, 4.69) is 5.16 Å². The average molecular weight is 286 g/mol. The molecule has 0 aromatic carbocycles. The Balaban J connectivity index is 1.79. The number of rotatable bonds is 4. The Morgan fingerprint density at radius 2 is 2.05 bits per heavy atom. The molecule has 0 spiro atoms. The third-order valence-corrected chi connectivity index (χ3v) is 4.21. The largest absolute Gasteiger partial charge is 0.388 e. The Hall–Kier alpha value is -1.05. The number of aromatic nitrogens is 1. The molecule has 0 bridgehead atoms. The van der Waals surface area contributed by atoms with E-state index in [0.717, 1.165) is 17.0 Å². The number of nitrogens with zero attached hydrogens (tertiary/aromatic N) is 2. The van der Waals surface area contributed by atoms with Crippen molar-refractivity contribution in [3.63, 3.8) is 0 Å². The monoisotopic (exact) mass is 286 g/mol. The van der Waals surface area contributed by atoms with Crippen LogP contribution in [0.25, 0.3) is 0 Å². The first-order valence-corrected chi connectivity index (χ1v) is 7.28. The minimum Gasteiger partial charge on any atom is -0.388 e. The third-order valence-electron chi connectivity index (χ3n) is 3.26. The summed E-state index contributed by atoms with van der Waals surface area (Å²) in [6, 6.07) is 0. The third kappa shape index (κ3) is 3.29. The molecule has 1 aliphatic heterocycles. The van der Waals surface area contributed by atoms with Gasteiger partial charge >= 0.3 is 0 Å². The number of aryl methyl sites for hydroxylation is 2. The van der Waals surface area contributed by atoms with Gasteiger partial charge in [0.1, 0.15) is 5.76 Å². The van der Waals surface area contributed by atoms with E-state index in [-0.39, 0.29) is 19.0 Å². The van der Waals surface area contributed by atoms with Crippen LogP contribution < -0.4 is 0 Å². The van der Waals surface area contributed by atoms with Crippen molar-refractivity contribution in [1.82, 2.24) is 10.1 Å². The van der Waals surface area contributed by atoms with Crippen LogP contribution in [0.4, 0.5) is 0 Å². The zero-order chi connectivity index (χ0) is 14.0. The van der Waals surface area contributed by atoms with Gasteiger partial charge in [0.15, 0.2) is 0 Å². The molecule has 0 radical (unpaired) electrons. The lowest BCUT2D eigenvalue weighted by molar-refractivity contribution is -0.127. The van der Waals surface area contributed by atoms with Gasteiger partial charge in [0.2, 0.25) is 5.91 Å². The molecule has 1 saturated heterocycles. The Labute approximate surface area is 115 Å². The summed E-state index contributed by atoms with van der Waals surface area (Å²) >= 11 is 1.48. The van der Waals surface area contributed by atoms with Crippen molar-refractivity contribution in [3.05, 3.63) is 17.0 Å². The molecule has 1 aromatic heterocycles. The van der Waals surface area contributed by atoms with Gasteiger partial charge in [-0.1, -0.05) is 5.16 Å². The Bertz CT molecular complexity index is 433. The van der Waals surface area contributed by atoms with Crippen molar-refractivity contribution in [2.75, 3.05) is 18.8 Å². The summed E-state index contributed by atoms with van der Waals surface area (Å²) in [6.07, 6.45) is -1.65. The first-order valence-electron chi connectivity index (χ1n) is 6.12. The van der Waals surface area contributed by atoms with Gasteiger partial charge in [0.05, 0.1) is 23.7 Å². The molecule has 0 saturated carbocycles. The summed E-state index contributed by atoms with van der Waals surface area (Å²) < 4.78 is 5.06. The number of likely N-dealkylation sites (tertiary alicyclic amines) is 1. The summed E-state index contributed by atoms with van der Waals surface area (Å²) in [5.74, 6) is 1.71. The van der Waals surface area contributed by atoms with Crippen molar-refractivity contribution in [2.24, 2.45) is 0 Å². The highest BCUT2D eigenvalue weighted by Gasteiger charge is 2.32. The van der Waals surface area contributed by atoms with E-state index in [4.69, 9.17) is 4.52 Å². The van der Waals surface area contributed by atoms with Gasteiger partial charge in [-0.3, -0.25) is 4.79 Å². The summed E-state index contributed by atoms with van der Waals surface area (Å²) in [4.78, 5) is 13.4. The van der Waals surface area contributed by atoms with Gasteiger partial charge in [0, 0.05) is 24.4 Å². The fourth-order valence-electron chi connectivity index (χ4n) is 2.01. The zero-order valence-electron chi connectivity index (χ0n) is 11.0. The molecule has 7 heteroatoms. The van der Waals surface area contributed by atoms with Crippen molar-refractivity contribution < 1.29 is 19.5 Å². The van der Waals surface area contributed by atoms with E-state index in [1.165, 1.54) is 16.7 Å². The van der Waals surface area contributed by atoms with Crippen LogP contribution in [0.3, 0.4) is 0 Å². The van der Waals surface area contributed by atoms with Crippen LogP contribution in [0, 0.1) is 13.8 Å². The fraction of sp³-hybridized carbons (Fsp3) is 0.667. The van der Waals surface area contributed by atoms with Crippen molar-refractivity contribution in [2.45, 2.75) is 31.8 Å². The molecule has 2 atom stereocenters. The van der Waals surface area contributed by atoms with E-state index in [1.807, 2.05) is 13.8 Å². The maximum atomic E-state index is 11.9. The van der Waals surface area contributed by atoms with Crippen LogP contribution in [-0.2, 0) is 10.5 Å². The maximum absolute atomic E-state index is 11.9. The molecule has 1 aromatic rings. The second kappa shape index (κ2) is 5.94. The van der Waals surface area contributed by atoms with Gasteiger partial charge in [-0.15, -0.1) is 11.8 Å². The number of β-amino-alcohol motifs (C(OH)–C–C–N with tert-alkyl or cyclic N) is 2. The molecule has 2 unspecified atom stereocenters. The van der Waals surface area contributed by atoms with Crippen molar-refractivity contribution in [1.29, 1.82) is 0 Å². The second-order valence-electron chi connectivity index (χ2n) is 4.73. The maximum Gasteiger partial charge on any atom is 0.232 e. The number of aliphatic hydroxyl groups is 2. The molecule has 1 amide bonds. The lowest BCUT2D eigenvalue weighted by Gasteiger charge is -2.14. The molecule has 2 rings (SSSR count). The quantitative estimate of drug-likeness (QED) is 0.815. The number of hydrogen-bond donors (Lipinski definition) is 2. The first kappa shape index (κ1) is 14.4. The Kier molecular flexibility index (Phi) is 4.49. The average Bonchev–Trinajstić information content (AvgIpc) is 2.86. The van der Waals surface area contributed by atoms with E-state index in [1.54, 1.807) is 0 Å². The molecule has 1 aliphatic rings. The second-order valence-corrected chi connectivity index (χ2v) is 5.71. The Morgan fingerprint density at radius 3 is 2.58 bits per heavy atom. The zero-order valence-corrected chi connectivity index (χ0v) is 11.8. The smallest absolute Gasteiger partial charge is 0.232 e. The van der Waals surface area contributed by atoms with Crippen LogP contribution >= 0.6 is 11.8 Å². The van der Waals surface area contributed by atoms with Crippen LogP contribution in [0.15, 0.2) is 4.52 Å². The lowest BCUT2D eigenvalue weighted by atomic mass is 10.2. The predicted molar refractivity (Wildman–Crippen MR) is 70.7 cm³/mol. The summed E-state index contributed by atoms with van der Waals surface area (Å²) in [7, 11) is 0. The number of carbonyl (C=O) groups is 1. The summed E-state index contributed by atoms with van der Waals surface area (Å²) in [5.41, 5.74) is 1.88. The van der Waals surface area contributed by atoms with Crippen LogP contribution in [0.2, 0.25) is 0 Å². The number of thioether (sulfide) groups is 1. The standard InChI is InChI=1S/C12H18N2O4S/c1-7-9(8(2)18-13-7)5-19-6-12(17)14-3-10(15)11(16)4-14/h10-11,15-16H,3-6H2,1-2H3. The minimum atomic E-state index is -0.823. The molecule has 0 aliphatic carbocycles. The summed E-state index contributed by atoms with van der Waals surface area (Å²) in [6.45, 7) is 4.16. The number of carbonyl (C=O) groups excluding carboxylic acids is 1. The van der Waals surface area contributed by atoms with Gasteiger partial charge in [-0.2, -0.15) is 0 Å². The fourth-order valence-corrected chi connectivity index (χ4v) is 3.09. The highest BCUT2D eigenvalue weighted by atomic mass is 32.2. The summed E-state index contributed by atoms with van der Waals surface area (Å²) in [5, 5.41) is 22.6. The molecule has 6 nitrogen and oxygen atoms in total. The van der Waals surface area contributed by atoms with Gasteiger partial charge in [-0.25, -0.2) is 0 Å². The number of aliphatic hydroxyl groups excluding tert-OH is 2. The Morgan fingerprint density at radius 1 is 1.42 bits per heavy atom. The van der Waals surface area contributed by atoms with Crippen LogP contribution in [0.5, 0.6) is 0 Å². The van der Waals surface area contributed by atoms with Crippen LogP contribution in [0.1, 0.15) is 17.0 Å².